The maximum absolute atomic E-state index is 12.9. The first-order valence-electron chi connectivity index (χ1n) is 7.48. The first-order chi connectivity index (χ1) is 10.6. The van der Waals surface area contributed by atoms with Gasteiger partial charge < -0.3 is 10.0 Å². The predicted octanol–water partition coefficient (Wildman–Crippen LogP) is 2.62. The van der Waals surface area contributed by atoms with Crippen LogP contribution in [0.4, 0.5) is 0 Å². The predicted molar refractivity (Wildman–Crippen MR) is 82.8 cm³/mol. The summed E-state index contributed by atoms with van der Waals surface area (Å²) in [6.45, 7) is 2.36. The average molecular weight is 298 g/mol. The number of carbonyl (C=O) groups is 2. The number of aliphatic carboxylic acids is 1. The van der Waals surface area contributed by atoms with Crippen LogP contribution in [-0.2, 0) is 4.79 Å². The third-order valence-corrected chi connectivity index (χ3v) is 4.14. The van der Waals surface area contributed by atoms with Crippen molar-refractivity contribution in [3.63, 3.8) is 0 Å². The van der Waals surface area contributed by atoms with E-state index in [9.17, 15) is 14.7 Å². The number of nitrogens with zero attached hydrogens (tertiary/aromatic N) is 2. The van der Waals surface area contributed by atoms with Crippen molar-refractivity contribution in [2.75, 3.05) is 6.54 Å². The fourth-order valence-corrected chi connectivity index (χ4v) is 3.00. The number of pyridine rings is 1. The van der Waals surface area contributed by atoms with Crippen LogP contribution in [0.2, 0.25) is 0 Å². The zero-order chi connectivity index (χ0) is 15.7. The molecule has 0 radical (unpaired) electrons. The van der Waals surface area contributed by atoms with Gasteiger partial charge in [-0.15, -0.1) is 0 Å². The van der Waals surface area contributed by atoms with Crippen LogP contribution < -0.4 is 0 Å². The molecule has 0 spiro atoms. The van der Waals surface area contributed by atoms with E-state index in [-0.39, 0.29) is 5.91 Å². The molecule has 0 aliphatic carbocycles. The number of carboxylic acid groups (broad SMARTS) is 1. The third kappa shape index (κ3) is 2.54. The molecule has 5 heteroatoms. The smallest absolute Gasteiger partial charge is 0.326 e. The van der Waals surface area contributed by atoms with Crippen molar-refractivity contribution < 1.29 is 14.7 Å². The Kier molecular flexibility index (Phi) is 3.79. The van der Waals surface area contributed by atoms with E-state index in [0.717, 1.165) is 23.9 Å². The second kappa shape index (κ2) is 5.75. The summed E-state index contributed by atoms with van der Waals surface area (Å²) >= 11 is 0. The monoisotopic (exact) mass is 298 g/mol. The summed E-state index contributed by atoms with van der Waals surface area (Å²) in [5.74, 6) is -1.17. The van der Waals surface area contributed by atoms with Gasteiger partial charge in [-0.25, -0.2) is 4.79 Å². The van der Waals surface area contributed by atoms with Gasteiger partial charge in [0.2, 0.25) is 0 Å². The normalized spacial score (nSPS) is 18.4. The van der Waals surface area contributed by atoms with E-state index in [2.05, 4.69) is 4.98 Å². The zero-order valence-electron chi connectivity index (χ0n) is 12.5. The lowest BCUT2D eigenvalue weighted by atomic mass is 10.00. The number of amides is 1. The number of carbonyl (C=O) groups excluding carboxylic acids is 1. The maximum Gasteiger partial charge on any atom is 0.326 e. The Morgan fingerprint density at radius 2 is 2.05 bits per heavy atom. The van der Waals surface area contributed by atoms with Gasteiger partial charge in [-0.05, 0) is 38.3 Å². The SMILES string of the molecule is Cc1ccc2cccc(C(=O)N3CCCC[C@@H]3C(=O)O)c2n1. The van der Waals surface area contributed by atoms with Crippen LogP contribution in [0, 0.1) is 6.92 Å². The molecule has 1 saturated heterocycles. The molecule has 1 aliphatic rings. The number of aryl methyl sites for hydroxylation is 1. The van der Waals surface area contributed by atoms with Crippen LogP contribution in [0.3, 0.4) is 0 Å². The van der Waals surface area contributed by atoms with Crippen molar-refractivity contribution in [2.24, 2.45) is 0 Å². The van der Waals surface area contributed by atoms with E-state index >= 15 is 0 Å². The summed E-state index contributed by atoms with van der Waals surface area (Å²) in [6.07, 6.45) is 2.19. The van der Waals surface area contributed by atoms with Crippen molar-refractivity contribution >= 4 is 22.8 Å². The molecule has 1 fully saturated rings. The molecule has 2 aromatic rings. The Bertz CT molecular complexity index is 742. The lowest BCUT2D eigenvalue weighted by Crippen LogP contribution is -2.48. The van der Waals surface area contributed by atoms with Gasteiger partial charge in [-0.1, -0.05) is 18.2 Å². The molecular formula is C17H18N2O3. The molecule has 1 N–H and O–H groups in total. The molecule has 0 saturated carbocycles. The number of hydrogen-bond acceptors (Lipinski definition) is 3. The van der Waals surface area contributed by atoms with E-state index in [4.69, 9.17) is 0 Å². The van der Waals surface area contributed by atoms with Crippen molar-refractivity contribution in [3.8, 4) is 0 Å². The minimum absolute atomic E-state index is 0.240. The second-order valence-electron chi connectivity index (χ2n) is 5.68. The summed E-state index contributed by atoms with van der Waals surface area (Å²) in [7, 11) is 0. The van der Waals surface area contributed by atoms with Crippen LogP contribution in [0.5, 0.6) is 0 Å². The van der Waals surface area contributed by atoms with Crippen molar-refractivity contribution in [3.05, 3.63) is 41.6 Å². The number of benzene rings is 1. The molecule has 3 rings (SSSR count). The molecule has 1 aliphatic heterocycles. The Hall–Kier alpha value is -2.43. The summed E-state index contributed by atoms with van der Waals surface area (Å²) in [5, 5.41) is 10.2. The van der Waals surface area contributed by atoms with Crippen molar-refractivity contribution in [1.82, 2.24) is 9.88 Å². The number of carboxylic acids is 1. The van der Waals surface area contributed by atoms with E-state index in [1.807, 2.05) is 31.2 Å². The highest BCUT2D eigenvalue weighted by Gasteiger charge is 2.33. The number of para-hydroxylation sites is 1. The molecule has 2 heterocycles. The molecule has 1 aromatic carbocycles. The summed E-state index contributed by atoms with van der Waals surface area (Å²) in [6, 6.07) is 8.54. The van der Waals surface area contributed by atoms with Crippen LogP contribution in [0.25, 0.3) is 10.9 Å². The highest BCUT2D eigenvalue weighted by atomic mass is 16.4. The van der Waals surface area contributed by atoms with E-state index in [0.29, 0.717) is 24.0 Å². The molecule has 1 amide bonds. The fourth-order valence-electron chi connectivity index (χ4n) is 3.00. The van der Waals surface area contributed by atoms with E-state index in [1.165, 1.54) is 4.90 Å². The fraction of sp³-hybridized carbons (Fsp3) is 0.353. The lowest BCUT2D eigenvalue weighted by molar-refractivity contribution is -0.143. The third-order valence-electron chi connectivity index (χ3n) is 4.14. The van der Waals surface area contributed by atoms with Gasteiger partial charge in [0.1, 0.15) is 6.04 Å². The topological polar surface area (TPSA) is 70.5 Å². The van der Waals surface area contributed by atoms with E-state index < -0.39 is 12.0 Å². The standard InChI is InChI=1S/C17H18N2O3/c1-11-8-9-12-5-4-6-13(15(12)18-11)16(20)19-10-3-2-7-14(19)17(21)22/h4-6,8-9,14H,2-3,7,10H2,1H3,(H,21,22)/t14-/m1/s1. The minimum atomic E-state index is -0.933. The number of fused-ring (bicyclic) bond motifs is 1. The summed E-state index contributed by atoms with van der Waals surface area (Å²) < 4.78 is 0. The molecule has 0 bridgehead atoms. The lowest BCUT2D eigenvalue weighted by Gasteiger charge is -2.33. The van der Waals surface area contributed by atoms with Crippen LogP contribution in [0.15, 0.2) is 30.3 Å². The second-order valence-corrected chi connectivity index (χ2v) is 5.68. The molecule has 1 atom stereocenters. The average Bonchev–Trinajstić information content (AvgIpc) is 2.53. The Morgan fingerprint density at radius 1 is 1.23 bits per heavy atom. The number of aromatic nitrogens is 1. The number of likely N-dealkylation sites (tertiary alicyclic amines) is 1. The quantitative estimate of drug-likeness (QED) is 0.925. The zero-order valence-corrected chi connectivity index (χ0v) is 12.5. The molecule has 0 unspecified atom stereocenters. The number of rotatable bonds is 2. The number of piperidine rings is 1. The van der Waals surface area contributed by atoms with Gasteiger partial charge in [0, 0.05) is 17.6 Å². The first kappa shape index (κ1) is 14.5. The van der Waals surface area contributed by atoms with Gasteiger partial charge in [-0.3, -0.25) is 9.78 Å². The van der Waals surface area contributed by atoms with Crippen LogP contribution in [0.1, 0.15) is 35.3 Å². The number of hydrogen-bond donors (Lipinski definition) is 1. The minimum Gasteiger partial charge on any atom is -0.480 e. The molecule has 5 nitrogen and oxygen atoms in total. The summed E-state index contributed by atoms with van der Waals surface area (Å²) in [5.41, 5.74) is 1.96. The molecule has 1 aromatic heterocycles. The van der Waals surface area contributed by atoms with Gasteiger partial charge in [-0.2, -0.15) is 0 Å². The van der Waals surface area contributed by atoms with Gasteiger partial charge in [0.15, 0.2) is 0 Å². The largest absolute Gasteiger partial charge is 0.480 e. The molecule has 114 valence electrons. The van der Waals surface area contributed by atoms with Gasteiger partial charge in [0.05, 0.1) is 11.1 Å². The Balaban J connectivity index is 2.04. The van der Waals surface area contributed by atoms with Crippen LogP contribution in [-0.4, -0.2) is 39.5 Å². The van der Waals surface area contributed by atoms with Gasteiger partial charge in [0.25, 0.3) is 5.91 Å². The first-order valence-corrected chi connectivity index (χ1v) is 7.48. The Morgan fingerprint density at radius 3 is 2.82 bits per heavy atom. The van der Waals surface area contributed by atoms with Crippen molar-refractivity contribution in [2.45, 2.75) is 32.2 Å². The highest BCUT2D eigenvalue weighted by Crippen LogP contribution is 2.24. The maximum atomic E-state index is 12.9. The highest BCUT2D eigenvalue weighted by molar-refractivity contribution is 6.06. The van der Waals surface area contributed by atoms with E-state index in [1.54, 1.807) is 6.07 Å². The van der Waals surface area contributed by atoms with Crippen LogP contribution >= 0.6 is 0 Å². The van der Waals surface area contributed by atoms with Crippen molar-refractivity contribution in [1.29, 1.82) is 0 Å². The molecular weight excluding hydrogens is 280 g/mol. The Labute approximate surface area is 128 Å². The summed E-state index contributed by atoms with van der Waals surface area (Å²) in [4.78, 5) is 30.2. The molecule has 22 heavy (non-hydrogen) atoms. The van der Waals surface area contributed by atoms with Gasteiger partial charge >= 0.3 is 5.97 Å².